The lowest BCUT2D eigenvalue weighted by atomic mass is 10.1. The summed E-state index contributed by atoms with van der Waals surface area (Å²) in [6.45, 7) is 2.20. The second-order valence-electron chi connectivity index (χ2n) is 5.45. The van der Waals surface area contributed by atoms with E-state index in [-0.39, 0.29) is 18.9 Å². The maximum absolute atomic E-state index is 12.5. The summed E-state index contributed by atoms with van der Waals surface area (Å²) in [5.41, 5.74) is 0.460. The van der Waals surface area contributed by atoms with Gasteiger partial charge in [0.1, 0.15) is 6.61 Å². The lowest BCUT2D eigenvalue weighted by Crippen LogP contribution is -2.10. The molecule has 0 aliphatic rings. The quantitative estimate of drug-likeness (QED) is 0.754. The molecule has 140 valence electrons. The van der Waals surface area contributed by atoms with Gasteiger partial charge in [-0.05, 0) is 36.2 Å². The van der Waals surface area contributed by atoms with Crippen molar-refractivity contribution in [2.24, 2.45) is 0 Å². The molecule has 26 heavy (non-hydrogen) atoms. The Morgan fingerprint density at radius 1 is 1.19 bits per heavy atom. The van der Waals surface area contributed by atoms with Crippen LogP contribution in [0.1, 0.15) is 36.1 Å². The third-order valence-corrected chi connectivity index (χ3v) is 3.53. The van der Waals surface area contributed by atoms with Gasteiger partial charge in [0.25, 0.3) is 0 Å². The molecule has 0 saturated heterocycles. The van der Waals surface area contributed by atoms with Crippen LogP contribution >= 0.6 is 0 Å². The third-order valence-electron chi connectivity index (χ3n) is 3.53. The summed E-state index contributed by atoms with van der Waals surface area (Å²) < 4.78 is 48.4. The fraction of sp³-hybridized carbons (Fsp3) is 0.333. The van der Waals surface area contributed by atoms with Crippen molar-refractivity contribution in [3.63, 3.8) is 0 Å². The van der Waals surface area contributed by atoms with E-state index in [9.17, 15) is 18.0 Å². The number of pyridine rings is 1. The lowest BCUT2D eigenvalue weighted by Gasteiger charge is -2.15. The van der Waals surface area contributed by atoms with Crippen LogP contribution in [0.15, 0.2) is 42.6 Å². The monoisotopic (exact) mass is 369 g/mol. The molecule has 1 aromatic heterocycles. The normalized spacial score (nSPS) is 12.6. The Balaban J connectivity index is 1.97. The number of carbonyl (C=O) groups is 1. The van der Waals surface area contributed by atoms with Crippen molar-refractivity contribution in [2.75, 3.05) is 6.61 Å². The van der Waals surface area contributed by atoms with Gasteiger partial charge < -0.3 is 14.6 Å². The van der Waals surface area contributed by atoms with Gasteiger partial charge in [0.05, 0.1) is 18.1 Å². The minimum absolute atomic E-state index is 0.0640. The molecular weight excluding hydrogens is 351 g/mol. The second kappa shape index (κ2) is 8.66. The topological polar surface area (TPSA) is 68.7 Å². The summed E-state index contributed by atoms with van der Waals surface area (Å²) >= 11 is 0. The molecule has 0 aliphatic heterocycles. The van der Waals surface area contributed by atoms with Gasteiger partial charge in [0, 0.05) is 18.9 Å². The zero-order valence-corrected chi connectivity index (χ0v) is 14.0. The largest absolute Gasteiger partial charge is 0.481 e. The van der Waals surface area contributed by atoms with E-state index in [0.29, 0.717) is 17.7 Å². The van der Waals surface area contributed by atoms with Crippen LogP contribution in [-0.2, 0) is 22.3 Å². The number of carboxylic acids is 1. The molecule has 5 nitrogen and oxygen atoms in total. The highest BCUT2D eigenvalue weighted by Gasteiger charge is 2.29. The Kier molecular flexibility index (Phi) is 6.57. The van der Waals surface area contributed by atoms with E-state index < -0.39 is 23.8 Å². The van der Waals surface area contributed by atoms with Gasteiger partial charge in [0.15, 0.2) is 0 Å². The van der Waals surface area contributed by atoms with Gasteiger partial charge in [-0.15, -0.1) is 0 Å². The molecule has 2 aromatic rings. The predicted octanol–water partition coefficient (Wildman–Crippen LogP) is 4.23. The predicted molar refractivity (Wildman–Crippen MR) is 86.6 cm³/mol. The first-order chi connectivity index (χ1) is 12.3. The van der Waals surface area contributed by atoms with E-state index in [4.69, 9.17) is 14.6 Å². The number of hydrogen-bond donors (Lipinski definition) is 1. The van der Waals surface area contributed by atoms with Crippen molar-refractivity contribution in [1.82, 2.24) is 4.98 Å². The minimum Gasteiger partial charge on any atom is -0.481 e. The Morgan fingerprint density at radius 3 is 2.38 bits per heavy atom. The molecule has 0 aliphatic carbocycles. The number of ether oxygens (including phenoxy) is 2. The highest BCUT2D eigenvalue weighted by Crippen LogP contribution is 2.29. The summed E-state index contributed by atoms with van der Waals surface area (Å²) in [6, 6.07) is 7.89. The summed E-state index contributed by atoms with van der Waals surface area (Å²) in [5, 5.41) is 8.91. The van der Waals surface area contributed by atoms with Gasteiger partial charge in [0.2, 0.25) is 5.88 Å². The number of aliphatic carboxylic acids is 1. The maximum atomic E-state index is 12.5. The molecule has 0 radical (unpaired) electrons. The standard InChI is InChI=1S/C18H18F3NO4/c1-2-25-15(9-17(23)24)13-5-8-16(22-10-13)26-11-12-3-6-14(7-4-12)18(19,20)21/h3-8,10,15H,2,9,11H2,1H3,(H,23,24)/t15-/m1/s1. The van der Waals surface area contributed by atoms with Crippen LogP contribution in [0.25, 0.3) is 0 Å². The van der Waals surface area contributed by atoms with Crippen molar-refractivity contribution in [2.45, 2.75) is 32.2 Å². The Morgan fingerprint density at radius 2 is 1.88 bits per heavy atom. The molecule has 0 spiro atoms. The van der Waals surface area contributed by atoms with Crippen LogP contribution in [0.2, 0.25) is 0 Å². The number of carboxylic acid groups (broad SMARTS) is 1. The van der Waals surface area contributed by atoms with E-state index in [0.717, 1.165) is 12.1 Å². The maximum Gasteiger partial charge on any atom is 0.416 e. The molecular formula is C18H18F3NO4. The number of halogens is 3. The molecule has 1 N–H and O–H groups in total. The van der Waals surface area contributed by atoms with Crippen molar-refractivity contribution in [1.29, 1.82) is 0 Å². The van der Waals surface area contributed by atoms with E-state index in [1.165, 1.54) is 18.3 Å². The number of aromatic nitrogens is 1. The summed E-state index contributed by atoms with van der Waals surface area (Å²) in [4.78, 5) is 15.0. The lowest BCUT2D eigenvalue weighted by molar-refractivity contribution is -0.140. The zero-order chi connectivity index (χ0) is 19.2. The van der Waals surface area contributed by atoms with Crippen LogP contribution in [0.5, 0.6) is 5.88 Å². The molecule has 1 heterocycles. The number of alkyl halides is 3. The minimum atomic E-state index is -4.37. The number of hydrogen-bond acceptors (Lipinski definition) is 4. The number of benzene rings is 1. The van der Waals surface area contributed by atoms with Crippen LogP contribution in [0.4, 0.5) is 13.2 Å². The van der Waals surface area contributed by atoms with Crippen molar-refractivity contribution in [3.8, 4) is 5.88 Å². The van der Waals surface area contributed by atoms with Gasteiger partial charge in [-0.2, -0.15) is 13.2 Å². The molecule has 8 heteroatoms. The molecule has 2 rings (SSSR count). The number of rotatable bonds is 8. The Labute approximate surface area is 148 Å². The highest BCUT2D eigenvalue weighted by molar-refractivity contribution is 5.67. The SMILES string of the molecule is CCO[C@H](CC(=O)O)c1ccc(OCc2ccc(C(F)(F)F)cc2)nc1. The fourth-order valence-corrected chi connectivity index (χ4v) is 2.25. The molecule has 0 bridgehead atoms. The molecule has 0 saturated carbocycles. The van der Waals surface area contributed by atoms with Gasteiger partial charge >= 0.3 is 12.1 Å². The van der Waals surface area contributed by atoms with E-state index in [2.05, 4.69) is 4.98 Å². The Bertz CT molecular complexity index is 715. The summed E-state index contributed by atoms with van der Waals surface area (Å²) in [6.07, 6.45) is -3.69. The van der Waals surface area contributed by atoms with Crippen LogP contribution in [0.3, 0.4) is 0 Å². The van der Waals surface area contributed by atoms with Gasteiger partial charge in [-0.3, -0.25) is 4.79 Å². The molecule has 1 aromatic carbocycles. The van der Waals surface area contributed by atoms with Gasteiger partial charge in [-0.1, -0.05) is 12.1 Å². The fourth-order valence-electron chi connectivity index (χ4n) is 2.25. The van der Waals surface area contributed by atoms with E-state index in [1.54, 1.807) is 19.1 Å². The van der Waals surface area contributed by atoms with Crippen LogP contribution in [0, 0.1) is 0 Å². The first-order valence-electron chi connectivity index (χ1n) is 7.88. The van der Waals surface area contributed by atoms with Crippen LogP contribution in [-0.4, -0.2) is 22.7 Å². The highest BCUT2D eigenvalue weighted by atomic mass is 19.4. The first-order valence-corrected chi connectivity index (χ1v) is 7.88. The molecule has 0 unspecified atom stereocenters. The molecule has 0 fully saturated rings. The first kappa shape index (κ1) is 19.7. The average Bonchev–Trinajstić information content (AvgIpc) is 2.59. The van der Waals surface area contributed by atoms with Crippen LogP contribution < -0.4 is 4.74 Å². The second-order valence-corrected chi connectivity index (χ2v) is 5.45. The third kappa shape index (κ3) is 5.73. The summed E-state index contributed by atoms with van der Waals surface area (Å²) in [5.74, 6) is -0.703. The van der Waals surface area contributed by atoms with E-state index in [1.807, 2.05) is 0 Å². The van der Waals surface area contributed by atoms with Crippen molar-refractivity contribution >= 4 is 5.97 Å². The smallest absolute Gasteiger partial charge is 0.416 e. The molecule has 1 atom stereocenters. The summed E-state index contributed by atoms with van der Waals surface area (Å²) in [7, 11) is 0. The van der Waals surface area contributed by atoms with E-state index >= 15 is 0 Å². The average molecular weight is 369 g/mol. The zero-order valence-electron chi connectivity index (χ0n) is 14.0. The van der Waals surface area contributed by atoms with Gasteiger partial charge in [-0.25, -0.2) is 4.98 Å². The Hall–Kier alpha value is -2.61. The van der Waals surface area contributed by atoms with Crippen molar-refractivity contribution in [3.05, 3.63) is 59.3 Å². The van der Waals surface area contributed by atoms with Crippen molar-refractivity contribution < 1.29 is 32.5 Å². The molecule has 0 amide bonds. The number of nitrogens with zero attached hydrogens (tertiary/aromatic N) is 1.